The van der Waals surface area contributed by atoms with Crippen LogP contribution in [0.25, 0.3) is 66.8 Å². The number of ketones is 2. The Morgan fingerprint density at radius 1 is 0.303 bits per heavy atom. The highest BCUT2D eigenvalue weighted by Crippen LogP contribution is 2.49. The van der Waals surface area contributed by atoms with Gasteiger partial charge in [-0.15, -0.1) is 0 Å². The van der Waals surface area contributed by atoms with Crippen molar-refractivity contribution in [2.45, 2.75) is 125 Å². The standard InChI is InChI=1S/C64H68O2/c1-6-11-18-44-26-34-48(35-27-44)52-22-15-24-54(59(52)50-38-30-46(31-39-50)20-13-8-3)56-42-43-57(62-61(56)63(65)58(17-10-5)64(62)66)55-25-16-23-53(49-36-28-45(29-37-49)19-12-7-2)60(55)51-40-32-47(33-41-51)21-14-9-4/h15-16,22-43,58H,6-14,17-21H2,1-5H3. The molecular weight excluding hydrogens is 801 g/mol. The van der Waals surface area contributed by atoms with Gasteiger partial charge in [-0.25, -0.2) is 0 Å². The zero-order valence-electron chi connectivity index (χ0n) is 40.1. The van der Waals surface area contributed by atoms with Crippen molar-refractivity contribution in [1.29, 1.82) is 0 Å². The van der Waals surface area contributed by atoms with Gasteiger partial charge < -0.3 is 0 Å². The molecule has 0 fully saturated rings. The summed E-state index contributed by atoms with van der Waals surface area (Å²) in [6.07, 6.45) is 14.8. The van der Waals surface area contributed by atoms with Crippen molar-refractivity contribution < 1.29 is 9.59 Å². The molecule has 66 heavy (non-hydrogen) atoms. The fourth-order valence-electron chi connectivity index (χ4n) is 10.1. The molecule has 1 aliphatic rings. The van der Waals surface area contributed by atoms with Crippen molar-refractivity contribution >= 4 is 11.6 Å². The summed E-state index contributed by atoms with van der Waals surface area (Å²) in [4.78, 5) is 30.2. The van der Waals surface area contributed by atoms with Crippen LogP contribution in [0.2, 0.25) is 0 Å². The van der Waals surface area contributed by atoms with Gasteiger partial charge in [-0.05, 0) is 147 Å². The second-order valence-corrected chi connectivity index (χ2v) is 18.6. The number of unbranched alkanes of at least 4 members (excludes halogenated alkanes) is 4. The Kier molecular flexibility index (Phi) is 15.4. The molecule has 0 N–H and O–H groups in total. The Labute approximate surface area is 395 Å². The Morgan fingerprint density at radius 3 is 0.894 bits per heavy atom. The lowest BCUT2D eigenvalue weighted by molar-refractivity contribution is 0.0831. The minimum absolute atomic E-state index is 0.0547. The summed E-state index contributed by atoms with van der Waals surface area (Å²) in [6.45, 7) is 11.0. The maximum absolute atomic E-state index is 15.1. The van der Waals surface area contributed by atoms with Gasteiger partial charge in [-0.1, -0.05) is 212 Å². The molecular formula is C64H68O2. The lowest BCUT2D eigenvalue weighted by Crippen LogP contribution is -2.14. The quantitative estimate of drug-likeness (QED) is 0.0715. The monoisotopic (exact) mass is 869 g/mol. The van der Waals surface area contributed by atoms with E-state index in [9.17, 15) is 0 Å². The molecule has 0 radical (unpaired) electrons. The number of carbonyl (C=O) groups is 2. The number of aryl methyl sites for hydroxylation is 4. The van der Waals surface area contributed by atoms with Crippen LogP contribution in [0.5, 0.6) is 0 Å². The maximum Gasteiger partial charge on any atom is 0.175 e. The Bertz CT molecular complexity index is 2560. The minimum Gasteiger partial charge on any atom is -0.293 e. The van der Waals surface area contributed by atoms with Gasteiger partial charge in [-0.2, -0.15) is 0 Å². The first-order valence-electron chi connectivity index (χ1n) is 25.3. The number of hydrogen-bond acceptors (Lipinski definition) is 2. The molecule has 0 spiro atoms. The average Bonchev–Trinajstić information content (AvgIpc) is 3.61. The third kappa shape index (κ3) is 9.85. The van der Waals surface area contributed by atoms with Crippen molar-refractivity contribution in [3.63, 3.8) is 0 Å². The number of fused-ring (bicyclic) bond motifs is 1. The van der Waals surface area contributed by atoms with Crippen LogP contribution in [-0.4, -0.2) is 11.6 Å². The first-order valence-corrected chi connectivity index (χ1v) is 25.3. The van der Waals surface area contributed by atoms with Crippen molar-refractivity contribution in [2.75, 3.05) is 0 Å². The number of rotatable bonds is 20. The summed E-state index contributed by atoms with van der Waals surface area (Å²) in [5.41, 5.74) is 19.0. The Hall–Kier alpha value is -6.12. The number of hydrogen-bond donors (Lipinski definition) is 0. The minimum atomic E-state index is -0.704. The van der Waals surface area contributed by atoms with Gasteiger partial charge in [0.1, 0.15) is 0 Å². The van der Waals surface area contributed by atoms with E-state index in [2.05, 4.69) is 180 Å². The highest BCUT2D eigenvalue weighted by Gasteiger charge is 2.42. The van der Waals surface area contributed by atoms with E-state index < -0.39 is 5.92 Å². The highest BCUT2D eigenvalue weighted by atomic mass is 16.2. The largest absolute Gasteiger partial charge is 0.293 e. The number of Topliss-reactive ketones (excluding diaryl/α,β-unsaturated/α-hetero) is 2. The van der Waals surface area contributed by atoms with E-state index in [1.807, 2.05) is 0 Å². The molecule has 0 amide bonds. The Balaban J connectivity index is 1.35. The maximum atomic E-state index is 15.1. The normalized spacial score (nSPS) is 12.6. The summed E-state index contributed by atoms with van der Waals surface area (Å²) in [5.74, 6) is -0.813. The van der Waals surface area contributed by atoms with Crippen molar-refractivity contribution in [3.05, 3.63) is 179 Å². The molecule has 0 saturated heterocycles. The fourth-order valence-corrected chi connectivity index (χ4v) is 10.1. The lowest BCUT2D eigenvalue weighted by Gasteiger charge is -2.21. The third-order valence-electron chi connectivity index (χ3n) is 13.9. The number of benzene rings is 7. The van der Waals surface area contributed by atoms with Crippen molar-refractivity contribution in [1.82, 2.24) is 0 Å². The van der Waals surface area contributed by atoms with Gasteiger partial charge in [-0.3, -0.25) is 9.59 Å². The summed E-state index contributed by atoms with van der Waals surface area (Å²) in [5, 5.41) is 0. The van der Waals surface area contributed by atoms with E-state index in [1.165, 1.54) is 35.1 Å². The molecule has 2 heteroatoms. The SMILES string of the molecule is CCCCc1ccc(-c2cccc(-c3ccc(-c4cccc(-c5ccc(CCCC)cc5)c4-c4ccc(CCCC)cc4)c4c3C(=O)C(CCC)C4=O)c2-c2ccc(CCCC)cc2)cc1. The first kappa shape index (κ1) is 46.4. The van der Waals surface area contributed by atoms with E-state index in [0.717, 1.165) is 137 Å². The van der Waals surface area contributed by atoms with Crippen LogP contribution in [0.4, 0.5) is 0 Å². The van der Waals surface area contributed by atoms with Crippen LogP contribution in [-0.2, 0) is 25.7 Å². The number of carbonyl (C=O) groups excluding carboxylic acids is 2. The molecule has 0 aliphatic heterocycles. The van der Waals surface area contributed by atoms with Crippen molar-refractivity contribution in [2.24, 2.45) is 5.92 Å². The second kappa shape index (κ2) is 21.9. The van der Waals surface area contributed by atoms with Gasteiger partial charge in [0, 0.05) is 11.1 Å². The highest BCUT2D eigenvalue weighted by molar-refractivity contribution is 6.31. The molecule has 0 aromatic heterocycles. The van der Waals surface area contributed by atoms with Crippen LogP contribution in [0, 0.1) is 5.92 Å². The molecule has 7 aromatic rings. The predicted octanol–water partition coefficient (Wildman–Crippen LogP) is 17.9. The molecule has 0 bridgehead atoms. The molecule has 0 saturated carbocycles. The van der Waals surface area contributed by atoms with E-state index in [4.69, 9.17) is 0 Å². The van der Waals surface area contributed by atoms with Crippen LogP contribution >= 0.6 is 0 Å². The molecule has 1 aliphatic carbocycles. The zero-order valence-corrected chi connectivity index (χ0v) is 40.1. The molecule has 0 heterocycles. The van der Waals surface area contributed by atoms with E-state index >= 15 is 9.59 Å². The Morgan fingerprint density at radius 2 is 0.591 bits per heavy atom. The zero-order chi connectivity index (χ0) is 46.0. The molecule has 0 atom stereocenters. The smallest absolute Gasteiger partial charge is 0.175 e. The van der Waals surface area contributed by atoms with E-state index in [1.54, 1.807) is 0 Å². The molecule has 8 rings (SSSR count). The molecule has 0 unspecified atom stereocenters. The van der Waals surface area contributed by atoms with E-state index in [0.29, 0.717) is 17.5 Å². The summed E-state index contributed by atoms with van der Waals surface area (Å²) in [6, 6.07) is 53.5. The van der Waals surface area contributed by atoms with Crippen molar-refractivity contribution in [3.8, 4) is 66.8 Å². The molecule has 336 valence electrons. The van der Waals surface area contributed by atoms with Crippen LogP contribution < -0.4 is 0 Å². The lowest BCUT2D eigenvalue weighted by atomic mass is 9.81. The average molecular weight is 869 g/mol. The van der Waals surface area contributed by atoms with Crippen LogP contribution in [0.15, 0.2) is 146 Å². The van der Waals surface area contributed by atoms with Gasteiger partial charge in [0.25, 0.3) is 0 Å². The summed E-state index contributed by atoms with van der Waals surface area (Å²) >= 11 is 0. The first-order chi connectivity index (χ1) is 32.4. The van der Waals surface area contributed by atoms with Gasteiger partial charge in [0.15, 0.2) is 11.6 Å². The topological polar surface area (TPSA) is 34.1 Å². The second-order valence-electron chi connectivity index (χ2n) is 18.6. The van der Waals surface area contributed by atoms with E-state index in [-0.39, 0.29) is 11.6 Å². The molecule has 7 aromatic carbocycles. The third-order valence-corrected chi connectivity index (χ3v) is 13.9. The molecule has 2 nitrogen and oxygen atoms in total. The van der Waals surface area contributed by atoms with Gasteiger partial charge >= 0.3 is 0 Å². The summed E-state index contributed by atoms with van der Waals surface area (Å²) in [7, 11) is 0. The van der Waals surface area contributed by atoms with Crippen LogP contribution in [0.1, 0.15) is 142 Å². The van der Waals surface area contributed by atoms with Gasteiger partial charge in [0.05, 0.1) is 5.92 Å². The van der Waals surface area contributed by atoms with Gasteiger partial charge in [0.2, 0.25) is 0 Å². The summed E-state index contributed by atoms with van der Waals surface area (Å²) < 4.78 is 0. The fraction of sp³-hybridized carbons (Fsp3) is 0.312. The predicted molar refractivity (Wildman–Crippen MR) is 281 cm³/mol. The van der Waals surface area contributed by atoms with Crippen LogP contribution in [0.3, 0.4) is 0 Å².